The molecule has 0 fully saturated rings. The number of rotatable bonds is 2. The molecule has 0 aliphatic carbocycles. The standard InChI is InChI=1S/C13H8BrClFNO2/c14-10-6-8(16)2-3-11(10)17-13(19)9-5-7(15)1-4-12(9)18/h1-6,18H,(H,17,19). The number of nitrogens with one attached hydrogen (secondary N) is 1. The topological polar surface area (TPSA) is 49.3 Å². The van der Waals surface area contributed by atoms with Crippen LogP contribution in [-0.4, -0.2) is 11.0 Å². The molecule has 0 heterocycles. The number of benzene rings is 2. The predicted molar refractivity (Wildman–Crippen MR) is 75.2 cm³/mol. The van der Waals surface area contributed by atoms with Crippen molar-refractivity contribution in [2.75, 3.05) is 5.32 Å². The van der Waals surface area contributed by atoms with E-state index >= 15 is 0 Å². The first kappa shape index (κ1) is 13.8. The van der Waals surface area contributed by atoms with Crippen LogP contribution in [0.15, 0.2) is 40.9 Å². The van der Waals surface area contributed by atoms with Crippen LogP contribution in [0.3, 0.4) is 0 Å². The van der Waals surface area contributed by atoms with Crippen molar-refractivity contribution in [1.82, 2.24) is 0 Å². The summed E-state index contributed by atoms with van der Waals surface area (Å²) in [5, 5.41) is 12.5. The maximum absolute atomic E-state index is 12.9. The van der Waals surface area contributed by atoms with Crippen LogP contribution in [0, 0.1) is 5.82 Å². The number of anilines is 1. The summed E-state index contributed by atoms with van der Waals surface area (Å²) < 4.78 is 13.3. The molecule has 0 unspecified atom stereocenters. The van der Waals surface area contributed by atoms with Crippen LogP contribution in [0.25, 0.3) is 0 Å². The first-order valence-corrected chi connectivity index (χ1v) is 6.39. The fourth-order valence-corrected chi connectivity index (χ4v) is 2.09. The average molecular weight is 345 g/mol. The zero-order valence-electron chi connectivity index (χ0n) is 9.45. The molecule has 0 atom stereocenters. The highest BCUT2D eigenvalue weighted by molar-refractivity contribution is 9.10. The molecule has 0 saturated heterocycles. The van der Waals surface area contributed by atoms with Crippen LogP contribution >= 0.6 is 27.5 Å². The number of carbonyl (C=O) groups is 1. The molecular formula is C13H8BrClFNO2. The number of halogens is 3. The Morgan fingerprint density at radius 2 is 2.00 bits per heavy atom. The van der Waals surface area contributed by atoms with E-state index in [0.29, 0.717) is 15.2 Å². The Bertz CT molecular complexity index is 649. The quantitative estimate of drug-likeness (QED) is 0.858. The number of carbonyl (C=O) groups excluding carboxylic acids is 1. The Morgan fingerprint density at radius 3 is 2.68 bits per heavy atom. The van der Waals surface area contributed by atoms with Gasteiger partial charge in [-0.05, 0) is 52.3 Å². The van der Waals surface area contributed by atoms with Gasteiger partial charge in [-0.3, -0.25) is 4.79 Å². The zero-order valence-corrected chi connectivity index (χ0v) is 11.8. The van der Waals surface area contributed by atoms with E-state index in [1.54, 1.807) is 0 Å². The van der Waals surface area contributed by atoms with Gasteiger partial charge in [-0.1, -0.05) is 11.6 Å². The van der Waals surface area contributed by atoms with Gasteiger partial charge in [-0.25, -0.2) is 4.39 Å². The summed E-state index contributed by atoms with van der Waals surface area (Å²) in [7, 11) is 0. The number of phenolic OH excluding ortho intramolecular Hbond substituents is 1. The molecule has 2 aromatic carbocycles. The van der Waals surface area contributed by atoms with Gasteiger partial charge >= 0.3 is 0 Å². The highest BCUT2D eigenvalue weighted by atomic mass is 79.9. The van der Waals surface area contributed by atoms with Crippen LogP contribution in [-0.2, 0) is 0 Å². The molecule has 3 nitrogen and oxygen atoms in total. The third-order valence-electron chi connectivity index (χ3n) is 2.38. The van der Waals surface area contributed by atoms with Gasteiger partial charge < -0.3 is 10.4 Å². The van der Waals surface area contributed by atoms with Gasteiger partial charge in [-0.2, -0.15) is 0 Å². The first-order chi connectivity index (χ1) is 8.97. The molecule has 0 bridgehead atoms. The van der Waals surface area contributed by atoms with Gasteiger partial charge in [0, 0.05) is 9.50 Å². The lowest BCUT2D eigenvalue weighted by Crippen LogP contribution is -2.12. The highest BCUT2D eigenvalue weighted by Gasteiger charge is 2.13. The Labute approximate surface area is 122 Å². The molecule has 0 aliphatic rings. The average Bonchev–Trinajstić information content (AvgIpc) is 2.35. The van der Waals surface area contributed by atoms with Crippen LogP contribution < -0.4 is 5.32 Å². The molecule has 98 valence electrons. The molecule has 0 aliphatic heterocycles. The first-order valence-electron chi connectivity index (χ1n) is 5.22. The van der Waals surface area contributed by atoms with Crippen molar-refractivity contribution in [3.8, 4) is 5.75 Å². The largest absolute Gasteiger partial charge is 0.507 e. The fraction of sp³-hybridized carbons (Fsp3) is 0. The van der Waals surface area contributed by atoms with E-state index in [4.69, 9.17) is 11.6 Å². The maximum Gasteiger partial charge on any atom is 0.259 e. The van der Waals surface area contributed by atoms with E-state index in [0.717, 1.165) is 0 Å². The lowest BCUT2D eigenvalue weighted by Gasteiger charge is -2.09. The van der Waals surface area contributed by atoms with Crippen molar-refractivity contribution in [1.29, 1.82) is 0 Å². The monoisotopic (exact) mass is 343 g/mol. The third kappa shape index (κ3) is 3.24. The normalized spacial score (nSPS) is 10.3. The third-order valence-corrected chi connectivity index (χ3v) is 3.27. The Morgan fingerprint density at radius 1 is 1.26 bits per heavy atom. The van der Waals surface area contributed by atoms with Gasteiger partial charge in [0.25, 0.3) is 5.91 Å². The second-order valence-electron chi connectivity index (χ2n) is 3.74. The van der Waals surface area contributed by atoms with E-state index in [1.807, 2.05) is 0 Å². The van der Waals surface area contributed by atoms with E-state index < -0.39 is 11.7 Å². The summed E-state index contributed by atoms with van der Waals surface area (Å²) in [5.41, 5.74) is 0.439. The number of amides is 1. The molecule has 2 N–H and O–H groups in total. The van der Waals surface area contributed by atoms with Crippen molar-refractivity contribution in [2.45, 2.75) is 0 Å². The molecule has 0 radical (unpaired) electrons. The minimum absolute atomic E-state index is 0.0451. The molecule has 0 spiro atoms. The zero-order chi connectivity index (χ0) is 14.0. The van der Waals surface area contributed by atoms with E-state index in [1.165, 1.54) is 36.4 Å². The molecule has 1 amide bonds. The second-order valence-corrected chi connectivity index (χ2v) is 5.03. The summed E-state index contributed by atoms with van der Waals surface area (Å²) in [6, 6.07) is 8.02. The van der Waals surface area contributed by atoms with Gasteiger partial charge in [-0.15, -0.1) is 0 Å². The van der Waals surface area contributed by atoms with Crippen molar-refractivity contribution in [3.05, 3.63) is 57.3 Å². The van der Waals surface area contributed by atoms with Crippen LogP contribution in [0.1, 0.15) is 10.4 Å². The summed E-state index contributed by atoms with van der Waals surface area (Å²) >= 11 is 8.90. The smallest absolute Gasteiger partial charge is 0.259 e. The molecule has 0 aromatic heterocycles. The highest BCUT2D eigenvalue weighted by Crippen LogP contribution is 2.26. The minimum atomic E-state index is -0.535. The summed E-state index contributed by atoms with van der Waals surface area (Å²) in [5.74, 6) is -1.14. The Kier molecular flexibility index (Phi) is 4.07. The second kappa shape index (κ2) is 5.59. The summed E-state index contributed by atoms with van der Waals surface area (Å²) in [6.45, 7) is 0. The molecule has 19 heavy (non-hydrogen) atoms. The van der Waals surface area contributed by atoms with Gasteiger partial charge in [0.2, 0.25) is 0 Å². The lowest BCUT2D eigenvalue weighted by molar-refractivity contribution is 0.102. The van der Waals surface area contributed by atoms with Crippen molar-refractivity contribution in [2.24, 2.45) is 0 Å². The van der Waals surface area contributed by atoms with Crippen molar-refractivity contribution in [3.63, 3.8) is 0 Å². The maximum atomic E-state index is 12.9. The number of phenols is 1. The van der Waals surface area contributed by atoms with E-state index in [9.17, 15) is 14.3 Å². The molecule has 2 rings (SSSR count). The van der Waals surface area contributed by atoms with Gasteiger partial charge in [0.05, 0.1) is 11.3 Å². The lowest BCUT2D eigenvalue weighted by atomic mass is 10.2. The number of aromatic hydroxyl groups is 1. The fourth-order valence-electron chi connectivity index (χ4n) is 1.47. The van der Waals surface area contributed by atoms with E-state index in [-0.39, 0.29) is 11.3 Å². The van der Waals surface area contributed by atoms with Gasteiger partial charge in [0.1, 0.15) is 11.6 Å². The van der Waals surface area contributed by atoms with E-state index in [2.05, 4.69) is 21.2 Å². The molecule has 6 heteroatoms. The Balaban J connectivity index is 2.28. The van der Waals surface area contributed by atoms with Crippen LogP contribution in [0.5, 0.6) is 5.75 Å². The Hall–Kier alpha value is -1.59. The summed E-state index contributed by atoms with van der Waals surface area (Å²) in [6.07, 6.45) is 0. The molecule has 0 saturated carbocycles. The van der Waals surface area contributed by atoms with Crippen LogP contribution in [0.2, 0.25) is 5.02 Å². The molecular weight excluding hydrogens is 337 g/mol. The number of hydrogen-bond acceptors (Lipinski definition) is 2. The number of hydrogen-bond donors (Lipinski definition) is 2. The molecule has 2 aromatic rings. The van der Waals surface area contributed by atoms with Crippen molar-refractivity contribution >= 4 is 39.1 Å². The SMILES string of the molecule is O=C(Nc1ccc(F)cc1Br)c1cc(Cl)ccc1O. The van der Waals surface area contributed by atoms with Crippen LogP contribution in [0.4, 0.5) is 10.1 Å². The summed E-state index contributed by atoms with van der Waals surface area (Å²) in [4.78, 5) is 12.0. The minimum Gasteiger partial charge on any atom is -0.507 e. The predicted octanol–water partition coefficient (Wildman–Crippen LogP) is 4.20. The van der Waals surface area contributed by atoms with Crippen molar-refractivity contribution < 1.29 is 14.3 Å². The van der Waals surface area contributed by atoms with Gasteiger partial charge in [0.15, 0.2) is 0 Å².